The lowest BCUT2D eigenvalue weighted by molar-refractivity contribution is -0.138. The molecule has 1 aromatic carbocycles. The summed E-state index contributed by atoms with van der Waals surface area (Å²) in [5.74, 6) is -0.866. The molecule has 0 bridgehead atoms. The van der Waals surface area contributed by atoms with Crippen molar-refractivity contribution in [3.8, 4) is 0 Å². The number of hydrogen-bond acceptors (Lipinski definition) is 5. The summed E-state index contributed by atoms with van der Waals surface area (Å²) in [6, 6.07) is 7.98. The number of carboxylic acid groups (broad SMARTS) is 1. The number of fused-ring (bicyclic) bond motifs is 1. The average molecular weight is 355 g/mol. The molecule has 0 saturated carbocycles. The summed E-state index contributed by atoms with van der Waals surface area (Å²) in [6.07, 6.45) is 2.58. The zero-order valence-electron chi connectivity index (χ0n) is 14.3. The fourth-order valence-electron chi connectivity index (χ4n) is 4.12. The van der Waals surface area contributed by atoms with Gasteiger partial charge in [-0.15, -0.1) is 0 Å². The molecule has 2 aliphatic rings. The Kier molecular flexibility index (Phi) is 4.42. The fraction of sp³-hybridized carbons (Fsp3) is 0.444. The SMILES string of the molecule is O=C(O)C[C@@H]1CN(CC(=O)N2CCc3ccccc32)C[C@@H]1c1cn[nH]n1. The van der Waals surface area contributed by atoms with Gasteiger partial charge in [-0.3, -0.25) is 14.5 Å². The molecule has 1 amide bonds. The van der Waals surface area contributed by atoms with Crippen LogP contribution in [-0.4, -0.2) is 63.5 Å². The largest absolute Gasteiger partial charge is 0.481 e. The highest BCUT2D eigenvalue weighted by molar-refractivity contribution is 5.96. The molecule has 2 aromatic rings. The van der Waals surface area contributed by atoms with Gasteiger partial charge in [0.25, 0.3) is 0 Å². The molecule has 0 radical (unpaired) electrons. The molecule has 0 spiro atoms. The molecule has 26 heavy (non-hydrogen) atoms. The molecule has 4 rings (SSSR count). The van der Waals surface area contributed by atoms with Crippen LogP contribution in [0.4, 0.5) is 5.69 Å². The lowest BCUT2D eigenvalue weighted by Gasteiger charge is -2.21. The van der Waals surface area contributed by atoms with E-state index < -0.39 is 5.97 Å². The Labute approximate surface area is 150 Å². The number of carbonyl (C=O) groups excluding carboxylic acids is 1. The number of aliphatic carboxylic acids is 1. The number of hydrogen-bond donors (Lipinski definition) is 2. The molecule has 1 fully saturated rings. The highest BCUT2D eigenvalue weighted by atomic mass is 16.4. The maximum absolute atomic E-state index is 12.8. The number of rotatable bonds is 5. The predicted octanol–water partition coefficient (Wildman–Crippen LogP) is 0.884. The third-order valence-electron chi connectivity index (χ3n) is 5.31. The average Bonchev–Trinajstić information content (AvgIpc) is 3.33. The van der Waals surface area contributed by atoms with Gasteiger partial charge in [0, 0.05) is 31.2 Å². The van der Waals surface area contributed by atoms with Crippen LogP contribution in [0.1, 0.15) is 23.6 Å². The van der Waals surface area contributed by atoms with Crippen molar-refractivity contribution in [3.05, 3.63) is 41.7 Å². The van der Waals surface area contributed by atoms with Gasteiger partial charge in [0.2, 0.25) is 5.91 Å². The number of H-pyrrole nitrogens is 1. The Morgan fingerprint density at radius 1 is 1.27 bits per heavy atom. The molecule has 0 aliphatic carbocycles. The van der Waals surface area contributed by atoms with Crippen molar-refractivity contribution in [3.63, 3.8) is 0 Å². The van der Waals surface area contributed by atoms with Gasteiger partial charge in [0.15, 0.2) is 0 Å². The van der Waals surface area contributed by atoms with Gasteiger partial charge < -0.3 is 10.0 Å². The number of aromatic nitrogens is 3. The Bertz CT molecular complexity index is 807. The third-order valence-corrected chi connectivity index (χ3v) is 5.31. The molecule has 8 nitrogen and oxygen atoms in total. The van der Waals surface area contributed by atoms with Crippen molar-refractivity contribution in [2.75, 3.05) is 31.1 Å². The molecule has 2 N–H and O–H groups in total. The third kappa shape index (κ3) is 3.20. The second-order valence-electron chi connectivity index (χ2n) is 6.98. The number of nitrogens with one attached hydrogen (secondary N) is 1. The zero-order valence-corrected chi connectivity index (χ0v) is 14.3. The van der Waals surface area contributed by atoms with E-state index in [1.54, 1.807) is 6.20 Å². The summed E-state index contributed by atoms with van der Waals surface area (Å²) in [7, 11) is 0. The van der Waals surface area contributed by atoms with Crippen molar-refractivity contribution in [2.45, 2.75) is 18.8 Å². The van der Waals surface area contributed by atoms with Crippen LogP contribution in [0.3, 0.4) is 0 Å². The fourth-order valence-corrected chi connectivity index (χ4v) is 4.12. The van der Waals surface area contributed by atoms with Crippen LogP contribution >= 0.6 is 0 Å². The number of carboxylic acids is 1. The second kappa shape index (κ2) is 6.87. The van der Waals surface area contributed by atoms with Crippen LogP contribution in [0.2, 0.25) is 0 Å². The van der Waals surface area contributed by atoms with E-state index in [0.717, 1.165) is 17.8 Å². The highest BCUT2D eigenvalue weighted by Gasteiger charge is 2.38. The van der Waals surface area contributed by atoms with E-state index in [4.69, 9.17) is 0 Å². The first-order valence-corrected chi connectivity index (χ1v) is 8.80. The van der Waals surface area contributed by atoms with E-state index in [9.17, 15) is 14.7 Å². The van der Waals surface area contributed by atoms with Crippen molar-refractivity contribution in [1.82, 2.24) is 20.3 Å². The van der Waals surface area contributed by atoms with Crippen molar-refractivity contribution in [2.24, 2.45) is 5.92 Å². The Hall–Kier alpha value is -2.74. The van der Waals surface area contributed by atoms with Crippen molar-refractivity contribution >= 4 is 17.6 Å². The van der Waals surface area contributed by atoms with Crippen LogP contribution in [0.15, 0.2) is 30.5 Å². The zero-order chi connectivity index (χ0) is 18.1. The summed E-state index contributed by atoms with van der Waals surface area (Å²) in [6.45, 7) is 2.19. The number of likely N-dealkylation sites (tertiary alicyclic amines) is 1. The van der Waals surface area contributed by atoms with Crippen LogP contribution in [-0.2, 0) is 16.0 Å². The number of amides is 1. The van der Waals surface area contributed by atoms with Gasteiger partial charge in [-0.2, -0.15) is 15.4 Å². The molecule has 2 atom stereocenters. The Morgan fingerprint density at radius 2 is 2.12 bits per heavy atom. The van der Waals surface area contributed by atoms with Crippen molar-refractivity contribution in [1.29, 1.82) is 0 Å². The van der Waals surface area contributed by atoms with E-state index in [1.165, 1.54) is 5.56 Å². The number of benzene rings is 1. The minimum Gasteiger partial charge on any atom is -0.481 e. The molecule has 136 valence electrons. The number of aromatic amines is 1. The number of anilines is 1. The van der Waals surface area contributed by atoms with Gasteiger partial charge >= 0.3 is 5.97 Å². The Morgan fingerprint density at radius 3 is 2.88 bits per heavy atom. The molecule has 3 heterocycles. The quantitative estimate of drug-likeness (QED) is 0.826. The smallest absolute Gasteiger partial charge is 0.303 e. The van der Waals surface area contributed by atoms with Crippen LogP contribution in [0.5, 0.6) is 0 Å². The molecule has 8 heteroatoms. The van der Waals surface area contributed by atoms with Crippen LogP contribution in [0.25, 0.3) is 0 Å². The minimum atomic E-state index is -0.829. The molecule has 0 unspecified atom stereocenters. The van der Waals surface area contributed by atoms with Gasteiger partial charge in [-0.05, 0) is 24.0 Å². The number of nitrogens with zero attached hydrogens (tertiary/aromatic N) is 4. The normalized spacial score (nSPS) is 22.5. The molecule has 1 aromatic heterocycles. The summed E-state index contributed by atoms with van der Waals surface area (Å²) in [4.78, 5) is 27.9. The van der Waals surface area contributed by atoms with Gasteiger partial charge in [0.05, 0.1) is 24.9 Å². The number of carbonyl (C=O) groups is 2. The van der Waals surface area contributed by atoms with Gasteiger partial charge in [0.1, 0.15) is 0 Å². The molecular weight excluding hydrogens is 334 g/mol. The molecule has 2 aliphatic heterocycles. The van der Waals surface area contributed by atoms with E-state index in [1.807, 2.05) is 28.0 Å². The maximum atomic E-state index is 12.8. The van der Waals surface area contributed by atoms with Crippen LogP contribution < -0.4 is 4.90 Å². The minimum absolute atomic E-state index is 0.0245. The summed E-state index contributed by atoms with van der Waals surface area (Å²) in [5.41, 5.74) is 2.95. The first-order chi connectivity index (χ1) is 12.6. The van der Waals surface area contributed by atoms with E-state index in [-0.39, 0.29) is 24.2 Å². The summed E-state index contributed by atoms with van der Waals surface area (Å²) >= 11 is 0. The number of para-hydroxylation sites is 1. The first kappa shape index (κ1) is 16.7. The summed E-state index contributed by atoms with van der Waals surface area (Å²) in [5, 5.41) is 19.8. The second-order valence-corrected chi connectivity index (χ2v) is 6.98. The Balaban J connectivity index is 1.45. The summed E-state index contributed by atoms with van der Waals surface area (Å²) < 4.78 is 0. The monoisotopic (exact) mass is 355 g/mol. The predicted molar refractivity (Wildman–Crippen MR) is 93.8 cm³/mol. The van der Waals surface area contributed by atoms with Crippen molar-refractivity contribution < 1.29 is 14.7 Å². The lowest BCUT2D eigenvalue weighted by atomic mass is 9.91. The van der Waals surface area contributed by atoms with Gasteiger partial charge in [-0.1, -0.05) is 18.2 Å². The van der Waals surface area contributed by atoms with Crippen LogP contribution in [0, 0.1) is 5.92 Å². The molecular formula is C18H21N5O3. The maximum Gasteiger partial charge on any atom is 0.303 e. The lowest BCUT2D eigenvalue weighted by Crippen LogP contribution is -2.39. The molecule has 1 saturated heterocycles. The van der Waals surface area contributed by atoms with E-state index >= 15 is 0 Å². The van der Waals surface area contributed by atoms with E-state index in [2.05, 4.69) is 21.5 Å². The standard InChI is InChI=1S/C18H21N5O3/c24-17(23-6-5-12-3-1-2-4-16(12)23)11-22-9-13(7-18(25)26)14(10-22)15-8-19-21-20-15/h1-4,8,13-14H,5-7,9-11H2,(H,25,26)(H,19,20,21)/t13-,14+/m1/s1. The highest BCUT2D eigenvalue weighted by Crippen LogP contribution is 2.34. The van der Waals surface area contributed by atoms with Gasteiger partial charge in [-0.25, -0.2) is 0 Å². The first-order valence-electron chi connectivity index (χ1n) is 8.80. The van der Waals surface area contributed by atoms with E-state index in [0.29, 0.717) is 26.2 Å². The topological polar surface area (TPSA) is 102 Å².